The summed E-state index contributed by atoms with van der Waals surface area (Å²) in [4.78, 5) is 20.2. The van der Waals surface area contributed by atoms with E-state index in [0.717, 1.165) is 43.4 Å². The molecule has 1 aliphatic heterocycles. The van der Waals surface area contributed by atoms with E-state index in [-0.39, 0.29) is 5.82 Å². The third-order valence-electron chi connectivity index (χ3n) is 5.08. The first-order chi connectivity index (χ1) is 14.5. The molecule has 8 heteroatoms. The first-order valence-electron chi connectivity index (χ1n) is 10.00. The van der Waals surface area contributed by atoms with Crippen LogP contribution in [0.2, 0.25) is 0 Å². The van der Waals surface area contributed by atoms with Crippen molar-refractivity contribution in [2.45, 2.75) is 6.92 Å². The van der Waals surface area contributed by atoms with Crippen molar-refractivity contribution in [3.05, 3.63) is 60.0 Å². The highest BCUT2D eigenvalue weighted by atomic mass is 19.1. The molecule has 0 aliphatic carbocycles. The molecule has 3 aromatic rings. The van der Waals surface area contributed by atoms with E-state index >= 15 is 0 Å². The van der Waals surface area contributed by atoms with Gasteiger partial charge in [-0.3, -0.25) is 0 Å². The standard InChI is InChI=1S/C22H26FN7/c1-16-7-8-18(17(23)14-16)25-19-15-21(28(2)3)27-22(26-19)30-12-10-29(11-13-30)20-6-4-5-9-24-20/h4-9,14-15H,10-13H2,1-3H3,(H,25,26,27). The maximum Gasteiger partial charge on any atom is 0.229 e. The summed E-state index contributed by atoms with van der Waals surface area (Å²) in [6.07, 6.45) is 1.81. The van der Waals surface area contributed by atoms with Crippen LogP contribution in [0.4, 0.5) is 33.5 Å². The van der Waals surface area contributed by atoms with E-state index in [1.54, 1.807) is 6.07 Å². The summed E-state index contributed by atoms with van der Waals surface area (Å²) in [5.74, 6) is 2.65. The zero-order valence-corrected chi connectivity index (χ0v) is 17.5. The summed E-state index contributed by atoms with van der Waals surface area (Å²) >= 11 is 0. The van der Waals surface area contributed by atoms with Crippen molar-refractivity contribution in [3.8, 4) is 0 Å². The van der Waals surface area contributed by atoms with Crippen molar-refractivity contribution in [1.82, 2.24) is 15.0 Å². The summed E-state index contributed by atoms with van der Waals surface area (Å²) in [6, 6.07) is 12.9. The number of piperazine rings is 1. The van der Waals surface area contributed by atoms with Crippen LogP contribution >= 0.6 is 0 Å². The molecule has 3 heterocycles. The maximum atomic E-state index is 14.3. The second-order valence-corrected chi connectivity index (χ2v) is 7.58. The highest BCUT2D eigenvalue weighted by Gasteiger charge is 2.21. The molecule has 0 spiro atoms. The van der Waals surface area contributed by atoms with E-state index < -0.39 is 0 Å². The molecule has 156 valence electrons. The third-order valence-corrected chi connectivity index (χ3v) is 5.08. The predicted octanol–water partition coefficient (Wildman–Crippen LogP) is 3.46. The van der Waals surface area contributed by atoms with Crippen molar-refractivity contribution >= 4 is 29.1 Å². The monoisotopic (exact) mass is 407 g/mol. The fourth-order valence-corrected chi connectivity index (χ4v) is 3.39. The van der Waals surface area contributed by atoms with Crippen molar-refractivity contribution < 1.29 is 4.39 Å². The molecule has 1 aliphatic rings. The first kappa shape index (κ1) is 19.9. The van der Waals surface area contributed by atoms with Crippen LogP contribution in [0.1, 0.15) is 5.56 Å². The predicted molar refractivity (Wildman–Crippen MR) is 119 cm³/mol. The van der Waals surface area contributed by atoms with Crippen LogP contribution in [0.5, 0.6) is 0 Å². The van der Waals surface area contributed by atoms with Crippen LogP contribution in [-0.2, 0) is 0 Å². The first-order valence-corrected chi connectivity index (χ1v) is 10.00. The van der Waals surface area contributed by atoms with Gasteiger partial charge >= 0.3 is 0 Å². The number of halogens is 1. The molecule has 7 nitrogen and oxygen atoms in total. The molecule has 1 aromatic carbocycles. The van der Waals surface area contributed by atoms with Gasteiger partial charge in [-0.2, -0.15) is 9.97 Å². The molecule has 1 saturated heterocycles. The number of hydrogen-bond acceptors (Lipinski definition) is 7. The van der Waals surface area contributed by atoms with Gasteiger partial charge in [0.25, 0.3) is 0 Å². The molecule has 4 rings (SSSR count). The SMILES string of the molecule is Cc1ccc(Nc2cc(N(C)C)nc(N3CCN(c4ccccn4)CC3)n2)c(F)c1. The van der Waals surface area contributed by atoms with Gasteiger partial charge in [0.05, 0.1) is 5.69 Å². The van der Waals surface area contributed by atoms with Crippen LogP contribution < -0.4 is 20.0 Å². The normalized spacial score (nSPS) is 14.0. The largest absolute Gasteiger partial charge is 0.363 e. The Morgan fingerprint density at radius 3 is 2.40 bits per heavy atom. The number of benzene rings is 1. The van der Waals surface area contributed by atoms with Crippen LogP contribution in [0, 0.1) is 12.7 Å². The van der Waals surface area contributed by atoms with Gasteiger partial charge in [-0.15, -0.1) is 0 Å². The Morgan fingerprint density at radius 2 is 1.73 bits per heavy atom. The summed E-state index contributed by atoms with van der Waals surface area (Å²) in [6.45, 7) is 5.10. The van der Waals surface area contributed by atoms with E-state index in [1.165, 1.54) is 6.07 Å². The molecule has 0 bridgehead atoms. The van der Waals surface area contributed by atoms with Gasteiger partial charge in [0.15, 0.2) is 0 Å². The molecule has 1 N–H and O–H groups in total. The molecule has 30 heavy (non-hydrogen) atoms. The van der Waals surface area contributed by atoms with Gasteiger partial charge in [0, 0.05) is 52.5 Å². The van der Waals surface area contributed by atoms with Gasteiger partial charge in [0.1, 0.15) is 23.3 Å². The van der Waals surface area contributed by atoms with Gasteiger partial charge < -0.3 is 20.0 Å². The zero-order chi connectivity index (χ0) is 21.1. The molecule has 0 radical (unpaired) electrons. The number of hydrogen-bond donors (Lipinski definition) is 1. The zero-order valence-electron chi connectivity index (χ0n) is 17.5. The highest BCUT2D eigenvalue weighted by molar-refractivity contribution is 5.62. The lowest BCUT2D eigenvalue weighted by Crippen LogP contribution is -2.47. The van der Waals surface area contributed by atoms with Gasteiger partial charge in [-0.1, -0.05) is 12.1 Å². The molecule has 0 unspecified atom stereocenters. The lowest BCUT2D eigenvalue weighted by molar-refractivity contribution is 0.630. The number of anilines is 5. The molecule has 2 aromatic heterocycles. The number of aryl methyl sites for hydroxylation is 1. The summed E-state index contributed by atoms with van der Waals surface area (Å²) in [7, 11) is 3.86. The summed E-state index contributed by atoms with van der Waals surface area (Å²) in [5, 5.41) is 3.11. The second kappa shape index (κ2) is 8.52. The fourth-order valence-electron chi connectivity index (χ4n) is 3.39. The lowest BCUT2D eigenvalue weighted by atomic mass is 10.2. The Balaban J connectivity index is 1.54. The number of rotatable bonds is 5. The minimum Gasteiger partial charge on any atom is -0.363 e. The van der Waals surface area contributed by atoms with Crippen molar-refractivity contribution in [2.24, 2.45) is 0 Å². The molecule has 0 saturated carbocycles. The Kier molecular flexibility index (Phi) is 5.65. The minimum atomic E-state index is -0.300. The van der Waals surface area contributed by atoms with Gasteiger partial charge in [-0.25, -0.2) is 9.37 Å². The average molecular weight is 407 g/mol. The van der Waals surface area contributed by atoms with E-state index in [4.69, 9.17) is 4.98 Å². The summed E-state index contributed by atoms with van der Waals surface area (Å²) < 4.78 is 14.3. The second-order valence-electron chi connectivity index (χ2n) is 7.58. The Hall–Kier alpha value is -3.42. The van der Waals surface area contributed by atoms with Crippen LogP contribution in [0.25, 0.3) is 0 Å². The molecular weight excluding hydrogens is 381 g/mol. The van der Waals surface area contributed by atoms with Crippen molar-refractivity contribution in [2.75, 3.05) is 60.3 Å². The van der Waals surface area contributed by atoms with E-state index in [0.29, 0.717) is 17.5 Å². The average Bonchev–Trinajstić information content (AvgIpc) is 2.76. The van der Waals surface area contributed by atoms with Gasteiger partial charge in [0.2, 0.25) is 5.95 Å². The Bertz CT molecular complexity index is 1000. The van der Waals surface area contributed by atoms with E-state index in [1.807, 2.05) is 62.4 Å². The smallest absolute Gasteiger partial charge is 0.229 e. The molecule has 1 fully saturated rings. The van der Waals surface area contributed by atoms with E-state index in [9.17, 15) is 4.39 Å². The minimum absolute atomic E-state index is 0.300. The van der Waals surface area contributed by atoms with Crippen molar-refractivity contribution in [3.63, 3.8) is 0 Å². The lowest BCUT2D eigenvalue weighted by Gasteiger charge is -2.35. The van der Waals surface area contributed by atoms with Crippen molar-refractivity contribution in [1.29, 1.82) is 0 Å². The highest BCUT2D eigenvalue weighted by Crippen LogP contribution is 2.25. The number of aromatic nitrogens is 3. The number of nitrogens with one attached hydrogen (secondary N) is 1. The molecular formula is C22H26FN7. The molecule has 0 atom stereocenters. The topological polar surface area (TPSA) is 60.4 Å². The fraction of sp³-hybridized carbons (Fsp3) is 0.318. The Labute approximate surface area is 176 Å². The molecule has 0 amide bonds. The van der Waals surface area contributed by atoms with Crippen LogP contribution in [0.3, 0.4) is 0 Å². The van der Waals surface area contributed by atoms with Gasteiger partial charge in [-0.05, 0) is 36.8 Å². The number of nitrogens with zero attached hydrogens (tertiary/aromatic N) is 6. The van der Waals surface area contributed by atoms with Crippen LogP contribution in [0.15, 0.2) is 48.7 Å². The van der Waals surface area contributed by atoms with E-state index in [2.05, 4.69) is 25.1 Å². The van der Waals surface area contributed by atoms with Crippen LogP contribution in [-0.4, -0.2) is 55.2 Å². The summed E-state index contributed by atoms with van der Waals surface area (Å²) in [5.41, 5.74) is 1.27. The third kappa shape index (κ3) is 4.42. The maximum absolute atomic E-state index is 14.3. The Morgan fingerprint density at radius 1 is 0.967 bits per heavy atom. The quantitative estimate of drug-likeness (QED) is 0.695. The number of pyridine rings is 1.